The zero-order valence-corrected chi connectivity index (χ0v) is 17.1. The normalized spacial score (nSPS) is 11.1. The van der Waals surface area contributed by atoms with Gasteiger partial charge in [0.05, 0.1) is 21.8 Å². The van der Waals surface area contributed by atoms with Crippen LogP contribution in [0.5, 0.6) is 5.88 Å². The lowest BCUT2D eigenvalue weighted by Gasteiger charge is -2.13. The van der Waals surface area contributed by atoms with Crippen LogP contribution in [0.25, 0.3) is 0 Å². The van der Waals surface area contributed by atoms with Gasteiger partial charge in [-0.25, -0.2) is 32.2 Å². The summed E-state index contributed by atoms with van der Waals surface area (Å²) in [6, 6.07) is 2.32. The Kier molecular flexibility index (Phi) is 6.66. The highest BCUT2D eigenvalue weighted by Gasteiger charge is 2.26. The van der Waals surface area contributed by atoms with Gasteiger partial charge >= 0.3 is 6.61 Å². The van der Waals surface area contributed by atoms with E-state index in [4.69, 9.17) is 17.3 Å². The van der Waals surface area contributed by atoms with E-state index in [1.54, 1.807) is 0 Å². The van der Waals surface area contributed by atoms with Gasteiger partial charge in [-0.1, -0.05) is 23.4 Å². The van der Waals surface area contributed by atoms with Crippen molar-refractivity contribution in [1.29, 1.82) is 0 Å². The highest BCUT2D eigenvalue weighted by Crippen LogP contribution is 2.29. The molecule has 2 heterocycles. The highest BCUT2D eigenvalue weighted by atomic mass is 35.5. The molecule has 0 fully saturated rings. The molecule has 8 nitrogen and oxygen atoms in total. The second kappa shape index (κ2) is 9.25. The minimum atomic E-state index is -4.74. The predicted octanol–water partition coefficient (Wildman–Crippen LogP) is 3.19. The number of sulfonamides is 1. The molecular formula is C18H10ClF4N5O3S. The number of benzene rings is 1. The maximum absolute atomic E-state index is 14.8. The van der Waals surface area contributed by atoms with Crippen LogP contribution in [0.15, 0.2) is 41.7 Å². The maximum Gasteiger partial charge on any atom is 0.388 e. The number of aromatic nitrogens is 3. The van der Waals surface area contributed by atoms with Crippen molar-refractivity contribution < 1.29 is 30.7 Å². The number of hydrogen-bond donors (Lipinski definition) is 2. The monoisotopic (exact) mass is 487 g/mol. The minimum Gasteiger partial charge on any atom is -0.415 e. The number of nitrogens with two attached hydrogens (primary N) is 1. The molecule has 0 unspecified atom stereocenters. The van der Waals surface area contributed by atoms with Gasteiger partial charge in [0.1, 0.15) is 5.82 Å². The van der Waals surface area contributed by atoms with Crippen molar-refractivity contribution in [1.82, 2.24) is 15.0 Å². The van der Waals surface area contributed by atoms with Crippen LogP contribution in [-0.4, -0.2) is 30.0 Å². The van der Waals surface area contributed by atoms with E-state index in [0.717, 1.165) is 24.4 Å². The first-order chi connectivity index (χ1) is 15.1. The molecule has 3 aromatic rings. The zero-order chi connectivity index (χ0) is 23.5. The summed E-state index contributed by atoms with van der Waals surface area (Å²) in [6.07, 6.45) is 3.31. The molecule has 1 aromatic carbocycles. The Bertz CT molecular complexity index is 1330. The van der Waals surface area contributed by atoms with Crippen LogP contribution in [0.4, 0.5) is 29.2 Å². The zero-order valence-electron chi connectivity index (χ0n) is 15.5. The van der Waals surface area contributed by atoms with Crippen LogP contribution in [0, 0.1) is 23.5 Å². The van der Waals surface area contributed by atoms with E-state index < -0.39 is 50.3 Å². The van der Waals surface area contributed by atoms with Crippen molar-refractivity contribution in [3.63, 3.8) is 0 Å². The molecule has 0 radical (unpaired) electrons. The number of hydrogen-bond acceptors (Lipinski definition) is 7. The largest absolute Gasteiger partial charge is 0.415 e. The summed E-state index contributed by atoms with van der Waals surface area (Å²) < 4.78 is 85.3. The molecule has 3 rings (SSSR count). The van der Waals surface area contributed by atoms with Gasteiger partial charge in [-0.15, -0.1) is 0 Å². The number of nitrogens with zero attached hydrogens (tertiary/aromatic N) is 3. The first-order valence-corrected chi connectivity index (χ1v) is 10.1. The highest BCUT2D eigenvalue weighted by molar-refractivity contribution is 7.92. The van der Waals surface area contributed by atoms with Gasteiger partial charge in [0.25, 0.3) is 10.0 Å². The lowest BCUT2D eigenvalue weighted by Crippen LogP contribution is -2.17. The summed E-state index contributed by atoms with van der Waals surface area (Å²) in [5.74, 6) is 1.19. The number of rotatable bonds is 5. The smallest absolute Gasteiger partial charge is 0.388 e. The van der Waals surface area contributed by atoms with E-state index >= 15 is 0 Å². The Morgan fingerprint density at radius 1 is 1.09 bits per heavy atom. The number of alkyl halides is 2. The molecule has 0 saturated carbocycles. The van der Waals surface area contributed by atoms with Gasteiger partial charge in [0.2, 0.25) is 11.8 Å². The lowest BCUT2D eigenvalue weighted by molar-refractivity contribution is -0.0548. The minimum absolute atomic E-state index is 0.0324. The van der Waals surface area contributed by atoms with Crippen molar-refractivity contribution in [2.24, 2.45) is 0 Å². The quantitative estimate of drug-likeness (QED) is 0.419. The number of pyridine rings is 1. The number of anilines is 2. The summed E-state index contributed by atoms with van der Waals surface area (Å²) >= 11 is 5.69. The second-order valence-electron chi connectivity index (χ2n) is 5.80. The molecule has 0 saturated heterocycles. The summed E-state index contributed by atoms with van der Waals surface area (Å²) in [7, 11) is -4.74. The van der Waals surface area contributed by atoms with Gasteiger partial charge in [0.15, 0.2) is 10.7 Å². The van der Waals surface area contributed by atoms with Crippen LogP contribution in [0.3, 0.4) is 0 Å². The third-order valence-corrected chi connectivity index (χ3v) is 5.18. The van der Waals surface area contributed by atoms with Gasteiger partial charge in [-0.2, -0.15) is 8.78 Å². The SMILES string of the molecule is Nc1ncc(C#Cc2c(F)ccc(NS(=O)(=O)c3cc(Cl)cnc3OC(F)F)c2F)cn1. The number of halogens is 5. The number of nitrogens with one attached hydrogen (secondary N) is 1. The van der Waals surface area contributed by atoms with Crippen molar-refractivity contribution in [2.75, 3.05) is 10.5 Å². The second-order valence-corrected chi connectivity index (χ2v) is 7.89. The van der Waals surface area contributed by atoms with Crippen molar-refractivity contribution >= 4 is 33.3 Å². The molecule has 0 atom stereocenters. The van der Waals surface area contributed by atoms with E-state index in [0.29, 0.717) is 0 Å². The summed E-state index contributed by atoms with van der Waals surface area (Å²) in [6.45, 7) is -3.39. The van der Waals surface area contributed by atoms with E-state index in [2.05, 4.69) is 31.5 Å². The van der Waals surface area contributed by atoms with Crippen molar-refractivity contribution in [3.8, 4) is 17.7 Å². The molecule has 166 valence electrons. The summed E-state index contributed by atoms with van der Waals surface area (Å²) in [5, 5.41) is -0.219. The molecule has 0 amide bonds. The predicted molar refractivity (Wildman–Crippen MR) is 105 cm³/mol. The van der Waals surface area contributed by atoms with E-state index in [9.17, 15) is 26.0 Å². The van der Waals surface area contributed by atoms with E-state index in [-0.39, 0.29) is 16.5 Å². The molecule has 32 heavy (non-hydrogen) atoms. The average molecular weight is 488 g/mol. The summed E-state index contributed by atoms with van der Waals surface area (Å²) in [5.41, 5.74) is 4.04. The van der Waals surface area contributed by atoms with Crippen molar-refractivity contribution in [3.05, 3.63) is 64.6 Å². The topological polar surface area (TPSA) is 120 Å². The first-order valence-electron chi connectivity index (χ1n) is 8.27. The molecule has 0 aliphatic heterocycles. The van der Waals surface area contributed by atoms with Crippen LogP contribution in [-0.2, 0) is 10.0 Å². The fraction of sp³-hybridized carbons (Fsp3) is 0.0556. The number of nitrogen functional groups attached to an aromatic ring is 1. The molecule has 3 N–H and O–H groups in total. The third-order valence-electron chi connectivity index (χ3n) is 3.61. The van der Waals surface area contributed by atoms with Crippen LogP contribution < -0.4 is 15.2 Å². The van der Waals surface area contributed by atoms with Crippen LogP contribution >= 0.6 is 11.6 Å². The lowest BCUT2D eigenvalue weighted by atomic mass is 10.1. The Hall–Kier alpha value is -3.63. The average Bonchev–Trinajstić information content (AvgIpc) is 2.72. The first kappa shape index (κ1) is 23.0. The molecular weight excluding hydrogens is 478 g/mol. The molecule has 2 aromatic heterocycles. The summed E-state index contributed by atoms with van der Waals surface area (Å²) in [4.78, 5) is 9.86. The van der Waals surface area contributed by atoms with E-state index in [1.807, 2.05) is 4.72 Å². The fourth-order valence-corrected chi connectivity index (χ4v) is 3.65. The Morgan fingerprint density at radius 3 is 2.44 bits per heavy atom. The number of ether oxygens (including phenoxy) is 1. The van der Waals surface area contributed by atoms with Gasteiger partial charge in [-0.3, -0.25) is 4.72 Å². The molecule has 0 spiro atoms. The van der Waals surface area contributed by atoms with Crippen LogP contribution in [0.2, 0.25) is 5.02 Å². The fourth-order valence-electron chi connectivity index (χ4n) is 2.26. The molecule has 0 aliphatic rings. The Labute approximate surface area is 183 Å². The Balaban J connectivity index is 1.99. The van der Waals surface area contributed by atoms with Crippen molar-refractivity contribution in [2.45, 2.75) is 11.5 Å². The maximum atomic E-state index is 14.8. The van der Waals surface area contributed by atoms with Crippen LogP contribution in [0.1, 0.15) is 11.1 Å². The van der Waals surface area contributed by atoms with Gasteiger partial charge < -0.3 is 10.5 Å². The molecule has 14 heteroatoms. The molecule has 0 aliphatic carbocycles. The van der Waals surface area contributed by atoms with Gasteiger partial charge in [-0.05, 0) is 18.2 Å². The van der Waals surface area contributed by atoms with Gasteiger partial charge in [0, 0.05) is 18.6 Å². The standard InChI is InChI=1S/C18H10ClF4N5O3S/c19-10-5-14(16(25-8-10)31-17(22)23)32(29,30)28-13-4-3-12(20)11(15(13)21)2-1-9-6-26-18(24)27-7-9/h3-8,17,28H,(H2,24,26,27). The third kappa shape index (κ3) is 5.34. The van der Waals surface area contributed by atoms with E-state index in [1.165, 1.54) is 12.4 Å². The molecule has 0 bridgehead atoms. The Morgan fingerprint density at radius 2 is 1.78 bits per heavy atom.